The van der Waals surface area contributed by atoms with Crippen molar-refractivity contribution < 1.29 is 5.11 Å². The smallest absolute Gasteiger partial charge is 0.0763 e. The predicted octanol–water partition coefficient (Wildman–Crippen LogP) is 2.98. The molecule has 0 unspecified atom stereocenters. The van der Waals surface area contributed by atoms with Gasteiger partial charge in [0.05, 0.1) is 11.6 Å². The number of β-amino-alcohol motifs (C(OH)–C–C–N with tert-alkyl or cyclic N) is 1. The lowest BCUT2D eigenvalue weighted by Crippen LogP contribution is -2.21. The summed E-state index contributed by atoms with van der Waals surface area (Å²) in [5.41, 5.74) is 4.60. The minimum absolute atomic E-state index is 0.225. The van der Waals surface area contributed by atoms with Crippen molar-refractivity contribution in [3.05, 3.63) is 66.1 Å². The van der Waals surface area contributed by atoms with E-state index in [0.717, 1.165) is 24.0 Å². The summed E-state index contributed by atoms with van der Waals surface area (Å²) >= 11 is 0. The first kappa shape index (κ1) is 15.1. The number of pyridine rings is 2. The zero-order valence-corrected chi connectivity index (χ0v) is 13.8. The van der Waals surface area contributed by atoms with E-state index in [9.17, 15) is 5.11 Å². The van der Waals surface area contributed by atoms with Crippen LogP contribution in [0.5, 0.6) is 0 Å². The van der Waals surface area contributed by atoms with Crippen LogP contribution in [0, 0.1) is 12.8 Å². The van der Waals surface area contributed by atoms with Crippen molar-refractivity contribution in [1.29, 1.82) is 0 Å². The maximum absolute atomic E-state index is 10.6. The van der Waals surface area contributed by atoms with Gasteiger partial charge in [-0.2, -0.15) is 0 Å². The molecule has 0 aliphatic carbocycles. The van der Waals surface area contributed by atoms with Gasteiger partial charge in [0.15, 0.2) is 0 Å². The van der Waals surface area contributed by atoms with Crippen LogP contribution in [-0.2, 0) is 6.42 Å². The van der Waals surface area contributed by atoms with Gasteiger partial charge in [-0.3, -0.25) is 9.97 Å². The van der Waals surface area contributed by atoms with E-state index in [1.807, 2.05) is 42.9 Å². The van der Waals surface area contributed by atoms with Gasteiger partial charge < -0.3 is 10.0 Å². The van der Waals surface area contributed by atoms with E-state index in [2.05, 4.69) is 33.9 Å². The first-order valence-corrected chi connectivity index (χ1v) is 8.38. The molecule has 1 fully saturated rings. The van der Waals surface area contributed by atoms with E-state index in [1.54, 1.807) is 0 Å². The molecular weight excluding hydrogens is 298 g/mol. The normalized spacial score (nSPS) is 20.7. The highest BCUT2D eigenvalue weighted by molar-refractivity contribution is 5.81. The molecule has 2 atom stereocenters. The second kappa shape index (κ2) is 6.21. The van der Waals surface area contributed by atoms with E-state index in [4.69, 9.17) is 0 Å². The van der Waals surface area contributed by atoms with Gasteiger partial charge in [0.2, 0.25) is 0 Å². The Labute approximate surface area is 141 Å². The lowest BCUT2D eigenvalue weighted by Gasteiger charge is -2.20. The number of aliphatic hydroxyl groups is 1. The van der Waals surface area contributed by atoms with Crippen LogP contribution in [0.4, 0.5) is 5.69 Å². The number of hydrogen-bond donors (Lipinski definition) is 1. The average molecular weight is 319 g/mol. The molecule has 0 saturated carbocycles. The molecule has 3 aromatic rings. The third-order valence-electron chi connectivity index (χ3n) is 4.96. The van der Waals surface area contributed by atoms with Crippen LogP contribution in [0.2, 0.25) is 0 Å². The Morgan fingerprint density at radius 1 is 1.12 bits per heavy atom. The number of anilines is 1. The molecule has 0 radical (unpaired) electrons. The summed E-state index contributed by atoms with van der Waals surface area (Å²) in [4.78, 5) is 10.9. The lowest BCUT2D eigenvalue weighted by atomic mass is 9.94. The van der Waals surface area contributed by atoms with Crippen LogP contribution >= 0.6 is 0 Å². The highest BCUT2D eigenvalue weighted by Gasteiger charge is 2.32. The molecule has 4 nitrogen and oxygen atoms in total. The molecule has 4 rings (SSSR count). The predicted molar refractivity (Wildman–Crippen MR) is 96.1 cm³/mol. The van der Waals surface area contributed by atoms with Gasteiger partial charge >= 0.3 is 0 Å². The van der Waals surface area contributed by atoms with Gasteiger partial charge in [0.25, 0.3) is 0 Å². The fourth-order valence-corrected chi connectivity index (χ4v) is 3.69. The summed E-state index contributed by atoms with van der Waals surface area (Å²) in [6.07, 6.45) is 6.11. The molecule has 1 N–H and O–H groups in total. The third kappa shape index (κ3) is 2.74. The Bertz CT molecular complexity index is 859. The van der Waals surface area contributed by atoms with Gasteiger partial charge in [-0.05, 0) is 42.7 Å². The number of hydrogen-bond acceptors (Lipinski definition) is 4. The molecule has 122 valence electrons. The van der Waals surface area contributed by atoms with Crippen LogP contribution in [0.15, 0.2) is 55.0 Å². The Morgan fingerprint density at radius 2 is 2.00 bits per heavy atom. The van der Waals surface area contributed by atoms with E-state index < -0.39 is 0 Å². The van der Waals surface area contributed by atoms with Gasteiger partial charge in [0, 0.05) is 48.7 Å². The maximum atomic E-state index is 10.6. The second-order valence-electron chi connectivity index (χ2n) is 6.59. The zero-order valence-electron chi connectivity index (χ0n) is 13.8. The Balaban J connectivity index is 1.58. The fourth-order valence-electron chi connectivity index (χ4n) is 3.69. The summed E-state index contributed by atoms with van der Waals surface area (Å²) < 4.78 is 0. The average Bonchev–Trinajstić information content (AvgIpc) is 2.96. The number of benzene rings is 1. The molecule has 1 aliphatic rings. The van der Waals surface area contributed by atoms with Crippen LogP contribution in [-0.4, -0.2) is 34.3 Å². The first-order valence-electron chi connectivity index (χ1n) is 8.38. The quantitative estimate of drug-likeness (QED) is 0.806. The van der Waals surface area contributed by atoms with E-state index >= 15 is 0 Å². The maximum Gasteiger partial charge on any atom is 0.0763 e. The topological polar surface area (TPSA) is 49.2 Å². The summed E-state index contributed by atoms with van der Waals surface area (Å²) in [5, 5.41) is 11.8. The SMILES string of the molecule is Cc1cnccc1N1C[C@@H](Cc2ccnc3ccccc23)[C@@H](O)C1. The van der Waals surface area contributed by atoms with Gasteiger partial charge in [-0.25, -0.2) is 0 Å². The second-order valence-corrected chi connectivity index (χ2v) is 6.59. The van der Waals surface area contributed by atoms with Crippen LogP contribution < -0.4 is 4.90 Å². The zero-order chi connectivity index (χ0) is 16.5. The molecule has 1 aromatic carbocycles. The standard InChI is InChI=1S/C20H21N3O/c1-14-11-21-8-7-19(14)23-12-16(20(24)13-23)10-15-6-9-22-18-5-3-2-4-17(15)18/h2-9,11,16,20,24H,10,12-13H2,1H3/t16-,20+/m1/s1. The van der Waals surface area contributed by atoms with Gasteiger partial charge in [-0.1, -0.05) is 18.2 Å². The van der Waals surface area contributed by atoms with Crippen molar-refractivity contribution in [3.8, 4) is 0 Å². The van der Waals surface area contributed by atoms with Crippen molar-refractivity contribution in [2.75, 3.05) is 18.0 Å². The van der Waals surface area contributed by atoms with Gasteiger partial charge in [-0.15, -0.1) is 0 Å². The van der Waals surface area contributed by atoms with Crippen LogP contribution in [0.1, 0.15) is 11.1 Å². The lowest BCUT2D eigenvalue weighted by molar-refractivity contribution is 0.148. The fraction of sp³-hybridized carbons (Fsp3) is 0.300. The molecular formula is C20H21N3O. The Morgan fingerprint density at radius 3 is 2.88 bits per heavy atom. The summed E-state index contributed by atoms with van der Waals surface area (Å²) in [5.74, 6) is 0.225. The molecule has 0 amide bonds. The number of aryl methyl sites for hydroxylation is 1. The number of aromatic nitrogens is 2. The summed E-state index contributed by atoms with van der Waals surface area (Å²) in [6, 6.07) is 12.3. The molecule has 2 aromatic heterocycles. The molecule has 0 bridgehead atoms. The number of para-hydroxylation sites is 1. The minimum Gasteiger partial charge on any atom is -0.391 e. The number of nitrogens with zero attached hydrogens (tertiary/aromatic N) is 3. The number of rotatable bonds is 3. The molecule has 4 heteroatoms. The van der Waals surface area contributed by atoms with Gasteiger partial charge in [0.1, 0.15) is 0 Å². The highest BCUT2D eigenvalue weighted by atomic mass is 16.3. The van der Waals surface area contributed by atoms with Crippen molar-refractivity contribution in [3.63, 3.8) is 0 Å². The summed E-state index contributed by atoms with van der Waals surface area (Å²) in [6.45, 7) is 3.61. The van der Waals surface area contributed by atoms with Crippen molar-refractivity contribution in [1.82, 2.24) is 9.97 Å². The van der Waals surface area contributed by atoms with E-state index in [-0.39, 0.29) is 12.0 Å². The minimum atomic E-state index is -0.315. The largest absolute Gasteiger partial charge is 0.391 e. The van der Waals surface area contributed by atoms with Crippen LogP contribution in [0.25, 0.3) is 10.9 Å². The third-order valence-corrected chi connectivity index (χ3v) is 4.96. The molecule has 1 aliphatic heterocycles. The van der Waals surface area contributed by atoms with Crippen molar-refractivity contribution in [2.24, 2.45) is 5.92 Å². The van der Waals surface area contributed by atoms with E-state index in [0.29, 0.717) is 6.54 Å². The van der Waals surface area contributed by atoms with Crippen LogP contribution in [0.3, 0.4) is 0 Å². The highest BCUT2D eigenvalue weighted by Crippen LogP contribution is 2.29. The van der Waals surface area contributed by atoms with Crippen molar-refractivity contribution in [2.45, 2.75) is 19.4 Å². The Hall–Kier alpha value is -2.46. The summed E-state index contributed by atoms with van der Waals surface area (Å²) in [7, 11) is 0. The van der Waals surface area contributed by atoms with E-state index in [1.165, 1.54) is 16.6 Å². The molecule has 0 spiro atoms. The Kier molecular flexibility index (Phi) is 3.90. The molecule has 24 heavy (non-hydrogen) atoms. The molecule has 3 heterocycles. The number of aliphatic hydroxyl groups excluding tert-OH is 1. The molecule has 1 saturated heterocycles. The van der Waals surface area contributed by atoms with Crippen molar-refractivity contribution >= 4 is 16.6 Å². The number of fused-ring (bicyclic) bond motifs is 1. The first-order chi connectivity index (χ1) is 11.7. The monoisotopic (exact) mass is 319 g/mol.